The minimum atomic E-state index is -3.21. The molecule has 0 amide bonds. The van der Waals surface area contributed by atoms with Gasteiger partial charge in [0.2, 0.25) is 10.0 Å². The van der Waals surface area contributed by atoms with Crippen molar-refractivity contribution in [3.05, 3.63) is 29.8 Å². The Morgan fingerprint density at radius 1 is 1.29 bits per heavy atom. The van der Waals surface area contributed by atoms with Gasteiger partial charge in [-0.3, -0.25) is 4.99 Å². The average Bonchev–Trinajstić information content (AvgIpc) is 2.67. The van der Waals surface area contributed by atoms with Crippen LogP contribution in [0.15, 0.2) is 29.3 Å². The molecule has 2 rings (SSSR count). The first-order valence-electron chi connectivity index (χ1n) is 9.15. The molecule has 0 saturated carbocycles. The lowest BCUT2D eigenvalue weighted by Gasteiger charge is -2.25. The highest BCUT2D eigenvalue weighted by atomic mass is 127. The predicted molar refractivity (Wildman–Crippen MR) is 129 cm³/mol. The summed E-state index contributed by atoms with van der Waals surface area (Å²) in [7, 11) is -1.55. The Balaban J connectivity index is 0.00000392. The van der Waals surface area contributed by atoms with E-state index >= 15 is 0 Å². The molecule has 1 fully saturated rings. The minimum absolute atomic E-state index is 0. The number of rotatable bonds is 8. The van der Waals surface area contributed by atoms with Gasteiger partial charge in [0.1, 0.15) is 11.9 Å². The van der Waals surface area contributed by atoms with Gasteiger partial charge in [-0.2, -0.15) is 11.8 Å². The number of guanidine groups is 1. The molecule has 0 radical (unpaired) electrons. The Labute approximate surface area is 190 Å². The second-order valence-electron chi connectivity index (χ2n) is 6.40. The van der Waals surface area contributed by atoms with E-state index in [4.69, 9.17) is 4.74 Å². The topological polar surface area (TPSA) is 83.0 Å². The summed E-state index contributed by atoms with van der Waals surface area (Å²) in [5.74, 6) is 3.23. The first kappa shape index (κ1) is 25.3. The van der Waals surface area contributed by atoms with Crippen LogP contribution in [0.2, 0.25) is 0 Å². The SMILES string of the molecule is CN=C(NCCS(=O)(=O)N1CCSCC1)NCC(C)Oc1ccccc1C.I. The summed E-state index contributed by atoms with van der Waals surface area (Å²) >= 11 is 1.79. The first-order valence-corrected chi connectivity index (χ1v) is 11.9. The lowest BCUT2D eigenvalue weighted by atomic mass is 10.2. The number of halogens is 1. The number of nitrogens with one attached hydrogen (secondary N) is 2. The second-order valence-corrected chi connectivity index (χ2v) is 9.71. The molecule has 0 bridgehead atoms. The number of hydrogen-bond donors (Lipinski definition) is 2. The Morgan fingerprint density at radius 3 is 2.61 bits per heavy atom. The van der Waals surface area contributed by atoms with Gasteiger partial charge in [0.25, 0.3) is 0 Å². The van der Waals surface area contributed by atoms with Gasteiger partial charge in [0.15, 0.2) is 5.96 Å². The predicted octanol–water partition coefficient (Wildman–Crippen LogP) is 1.92. The lowest BCUT2D eigenvalue weighted by Crippen LogP contribution is -2.45. The number of aryl methyl sites for hydroxylation is 1. The zero-order valence-electron chi connectivity index (χ0n) is 16.7. The van der Waals surface area contributed by atoms with Gasteiger partial charge in [0.05, 0.1) is 12.3 Å². The standard InChI is InChI=1S/C18H30N4O3S2.HI/c1-15-6-4-5-7-17(15)25-16(2)14-21-18(19-3)20-8-13-27(23,24)22-9-11-26-12-10-22;/h4-7,16H,8-14H2,1-3H3,(H2,19,20,21);1H. The van der Waals surface area contributed by atoms with E-state index in [0.717, 1.165) is 22.8 Å². The number of para-hydroxylation sites is 1. The molecule has 10 heteroatoms. The highest BCUT2D eigenvalue weighted by Gasteiger charge is 2.23. The van der Waals surface area contributed by atoms with Gasteiger partial charge in [-0.25, -0.2) is 12.7 Å². The van der Waals surface area contributed by atoms with Crippen molar-refractivity contribution in [2.45, 2.75) is 20.0 Å². The molecule has 1 atom stereocenters. The smallest absolute Gasteiger partial charge is 0.215 e. The molecule has 1 aromatic rings. The highest BCUT2D eigenvalue weighted by Crippen LogP contribution is 2.17. The van der Waals surface area contributed by atoms with Crippen LogP contribution in [0.5, 0.6) is 5.75 Å². The van der Waals surface area contributed by atoms with Crippen molar-refractivity contribution in [2.24, 2.45) is 4.99 Å². The number of benzene rings is 1. The molecule has 0 aliphatic carbocycles. The number of hydrogen-bond acceptors (Lipinski definition) is 5. The van der Waals surface area contributed by atoms with Gasteiger partial charge in [-0.1, -0.05) is 18.2 Å². The minimum Gasteiger partial charge on any atom is -0.489 e. The van der Waals surface area contributed by atoms with E-state index in [1.807, 2.05) is 38.1 Å². The molecule has 1 heterocycles. The van der Waals surface area contributed by atoms with Crippen LogP contribution in [-0.4, -0.2) is 75.3 Å². The van der Waals surface area contributed by atoms with E-state index in [9.17, 15) is 8.42 Å². The number of nitrogens with zero attached hydrogens (tertiary/aromatic N) is 2. The summed E-state index contributed by atoms with van der Waals surface area (Å²) in [5, 5.41) is 6.24. The van der Waals surface area contributed by atoms with Gasteiger partial charge < -0.3 is 15.4 Å². The summed E-state index contributed by atoms with van der Waals surface area (Å²) in [4.78, 5) is 4.14. The Morgan fingerprint density at radius 2 is 1.96 bits per heavy atom. The molecular formula is C18H31IN4O3S2. The molecule has 1 unspecified atom stereocenters. The van der Waals surface area contributed by atoms with Crippen molar-refractivity contribution in [1.82, 2.24) is 14.9 Å². The average molecular weight is 543 g/mol. The van der Waals surface area contributed by atoms with Crippen molar-refractivity contribution >= 4 is 51.7 Å². The fourth-order valence-electron chi connectivity index (χ4n) is 2.66. The number of ether oxygens (including phenoxy) is 1. The third-order valence-electron chi connectivity index (χ3n) is 4.22. The molecule has 1 aliphatic heterocycles. The molecule has 0 aromatic heterocycles. The number of aliphatic imine (C=N–C) groups is 1. The maximum Gasteiger partial charge on any atom is 0.215 e. The van der Waals surface area contributed by atoms with Crippen LogP contribution in [0.4, 0.5) is 0 Å². The highest BCUT2D eigenvalue weighted by molar-refractivity contribution is 14.0. The molecule has 0 spiro atoms. The summed E-state index contributed by atoms with van der Waals surface area (Å²) in [6, 6.07) is 7.89. The molecule has 7 nitrogen and oxygen atoms in total. The maximum atomic E-state index is 12.4. The second kappa shape index (κ2) is 12.8. The summed E-state index contributed by atoms with van der Waals surface area (Å²) in [6.45, 7) is 6.08. The monoisotopic (exact) mass is 542 g/mol. The molecule has 1 aliphatic rings. The van der Waals surface area contributed by atoms with E-state index in [1.54, 1.807) is 23.1 Å². The Bertz CT molecular complexity index is 725. The summed E-state index contributed by atoms with van der Waals surface area (Å²) in [6.07, 6.45) is -0.0563. The normalized spacial score (nSPS) is 16.8. The van der Waals surface area contributed by atoms with Crippen LogP contribution in [-0.2, 0) is 10.0 Å². The van der Waals surface area contributed by atoms with Crippen molar-refractivity contribution < 1.29 is 13.2 Å². The van der Waals surface area contributed by atoms with Crippen molar-refractivity contribution in [1.29, 1.82) is 0 Å². The van der Waals surface area contributed by atoms with Gasteiger partial charge in [0, 0.05) is 38.2 Å². The van der Waals surface area contributed by atoms with E-state index in [1.165, 1.54) is 0 Å². The van der Waals surface area contributed by atoms with E-state index < -0.39 is 10.0 Å². The largest absolute Gasteiger partial charge is 0.489 e. The third kappa shape index (κ3) is 8.34. The van der Waals surface area contributed by atoms with E-state index in [0.29, 0.717) is 32.1 Å². The fourth-order valence-corrected chi connectivity index (χ4v) is 5.15. The molecule has 28 heavy (non-hydrogen) atoms. The molecule has 1 saturated heterocycles. The van der Waals surface area contributed by atoms with Gasteiger partial charge >= 0.3 is 0 Å². The number of thioether (sulfide) groups is 1. The zero-order valence-corrected chi connectivity index (χ0v) is 20.6. The van der Waals surface area contributed by atoms with E-state index in [-0.39, 0.29) is 35.8 Å². The van der Waals surface area contributed by atoms with Crippen molar-refractivity contribution in [2.75, 3.05) is 50.5 Å². The Hall–Kier alpha value is -0.720. The van der Waals surface area contributed by atoms with Crippen LogP contribution < -0.4 is 15.4 Å². The number of sulfonamides is 1. The molecule has 1 aromatic carbocycles. The van der Waals surface area contributed by atoms with Crippen molar-refractivity contribution in [3.63, 3.8) is 0 Å². The summed E-state index contributed by atoms with van der Waals surface area (Å²) in [5.41, 5.74) is 1.09. The first-order chi connectivity index (χ1) is 12.9. The lowest BCUT2D eigenvalue weighted by molar-refractivity contribution is 0.222. The quantitative estimate of drug-likeness (QED) is 0.297. The summed E-state index contributed by atoms with van der Waals surface area (Å²) < 4.78 is 32.2. The maximum absolute atomic E-state index is 12.4. The van der Waals surface area contributed by atoms with Gasteiger partial charge in [-0.05, 0) is 25.5 Å². The fraction of sp³-hybridized carbons (Fsp3) is 0.611. The van der Waals surface area contributed by atoms with Gasteiger partial charge in [-0.15, -0.1) is 24.0 Å². The zero-order chi connectivity index (χ0) is 19.7. The van der Waals surface area contributed by atoms with E-state index in [2.05, 4.69) is 15.6 Å². The third-order valence-corrected chi connectivity index (χ3v) is 7.03. The van der Waals surface area contributed by atoms with Crippen LogP contribution in [0, 0.1) is 6.92 Å². The molecular weight excluding hydrogens is 511 g/mol. The Kier molecular flexibility index (Phi) is 11.5. The van der Waals surface area contributed by atoms with Crippen LogP contribution >= 0.6 is 35.7 Å². The van der Waals surface area contributed by atoms with Crippen molar-refractivity contribution in [3.8, 4) is 5.75 Å². The van der Waals surface area contributed by atoms with Crippen LogP contribution in [0.25, 0.3) is 0 Å². The molecule has 160 valence electrons. The van der Waals surface area contributed by atoms with Crippen LogP contribution in [0.3, 0.4) is 0 Å². The molecule has 2 N–H and O–H groups in total. The van der Waals surface area contributed by atoms with Crippen LogP contribution in [0.1, 0.15) is 12.5 Å².